The maximum Gasteiger partial charge on any atom is 0.236 e. The first-order valence-corrected chi connectivity index (χ1v) is 9.94. The zero-order valence-corrected chi connectivity index (χ0v) is 16.6. The molecule has 0 spiro atoms. The van der Waals surface area contributed by atoms with Crippen molar-refractivity contribution < 1.29 is 4.79 Å². The summed E-state index contributed by atoms with van der Waals surface area (Å²) >= 11 is 0. The fraction of sp³-hybridized carbons (Fsp3) is 0.409. The molecule has 2 aromatic rings. The van der Waals surface area contributed by atoms with Gasteiger partial charge in [0.25, 0.3) is 0 Å². The van der Waals surface area contributed by atoms with Crippen molar-refractivity contribution in [2.24, 2.45) is 0 Å². The van der Waals surface area contributed by atoms with E-state index >= 15 is 0 Å². The lowest BCUT2D eigenvalue weighted by atomic mass is 10.1. The highest BCUT2D eigenvalue weighted by atomic mass is 16.2. The zero-order valence-electron chi connectivity index (χ0n) is 16.6. The summed E-state index contributed by atoms with van der Waals surface area (Å²) in [6, 6.07) is 10.1. The highest BCUT2D eigenvalue weighted by Gasteiger charge is 2.22. The molecular weight excluding hydrogens is 350 g/mol. The van der Waals surface area contributed by atoms with Gasteiger partial charge in [0.2, 0.25) is 5.91 Å². The van der Waals surface area contributed by atoms with E-state index in [1.807, 2.05) is 17.0 Å². The Bertz CT molecular complexity index is 754. The number of hydrogen-bond acceptors (Lipinski definition) is 5. The third kappa shape index (κ3) is 5.16. The van der Waals surface area contributed by atoms with Crippen LogP contribution >= 0.6 is 0 Å². The number of piperazine rings is 1. The van der Waals surface area contributed by atoms with E-state index in [0.29, 0.717) is 6.54 Å². The molecule has 1 aromatic carbocycles. The van der Waals surface area contributed by atoms with Crippen molar-refractivity contribution in [3.05, 3.63) is 55.4 Å². The smallest absolute Gasteiger partial charge is 0.236 e. The third-order valence-electron chi connectivity index (χ3n) is 5.14. The van der Waals surface area contributed by atoms with Crippen LogP contribution in [0.15, 0.2) is 55.4 Å². The van der Waals surface area contributed by atoms with E-state index in [4.69, 9.17) is 0 Å². The van der Waals surface area contributed by atoms with Crippen LogP contribution in [0, 0.1) is 0 Å². The Labute approximate surface area is 167 Å². The van der Waals surface area contributed by atoms with Crippen LogP contribution in [0.3, 0.4) is 0 Å². The van der Waals surface area contributed by atoms with Crippen LogP contribution in [0.1, 0.15) is 13.3 Å². The summed E-state index contributed by atoms with van der Waals surface area (Å²) in [4.78, 5) is 27.7. The monoisotopic (exact) mass is 379 g/mol. The van der Waals surface area contributed by atoms with Crippen molar-refractivity contribution in [1.82, 2.24) is 19.8 Å². The fourth-order valence-corrected chi connectivity index (χ4v) is 3.40. The predicted molar refractivity (Wildman–Crippen MR) is 113 cm³/mol. The topological polar surface area (TPSA) is 52.6 Å². The first kappa shape index (κ1) is 20.0. The second kappa shape index (κ2) is 9.99. The van der Waals surface area contributed by atoms with Crippen LogP contribution in [0.5, 0.6) is 0 Å². The van der Waals surface area contributed by atoms with Gasteiger partial charge in [0.15, 0.2) is 5.82 Å². The van der Waals surface area contributed by atoms with E-state index in [1.54, 1.807) is 12.4 Å². The Kier molecular flexibility index (Phi) is 7.14. The minimum atomic E-state index is 0.224. The van der Waals surface area contributed by atoms with Gasteiger partial charge >= 0.3 is 0 Å². The molecule has 1 fully saturated rings. The number of benzene rings is 1. The lowest BCUT2D eigenvalue weighted by Gasteiger charge is -2.37. The van der Waals surface area contributed by atoms with Crippen LogP contribution in [0.25, 0.3) is 11.4 Å². The summed E-state index contributed by atoms with van der Waals surface area (Å²) in [5, 5.41) is 0. The lowest BCUT2D eigenvalue weighted by molar-refractivity contribution is -0.132. The molecule has 2 heterocycles. The Hall–Kier alpha value is -2.73. The molecule has 0 bridgehead atoms. The molecule has 6 nitrogen and oxygen atoms in total. The number of hydrogen-bond donors (Lipinski definition) is 0. The fourth-order valence-electron chi connectivity index (χ4n) is 3.40. The third-order valence-corrected chi connectivity index (χ3v) is 5.14. The van der Waals surface area contributed by atoms with Gasteiger partial charge in [-0.25, -0.2) is 9.97 Å². The molecule has 1 saturated heterocycles. The second-order valence-electron chi connectivity index (χ2n) is 6.93. The minimum Gasteiger partial charge on any atom is -0.368 e. The summed E-state index contributed by atoms with van der Waals surface area (Å²) in [5.41, 5.74) is 2.19. The number of rotatable bonds is 8. The molecule has 6 heteroatoms. The SMILES string of the molecule is C=CCCN(CC)CC(=O)N1CCN(c2ccc(-c3ncccn3)cc2)CC1. The maximum absolute atomic E-state index is 12.6. The van der Waals surface area contributed by atoms with E-state index in [1.165, 1.54) is 5.69 Å². The number of aromatic nitrogens is 2. The Morgan fingerprint density at radius 1 is 1.14 bits per heavy atom. The van der Waals surface area contributed by atoms with Crippen molar-refractivity contribution >= 4 is 11.6 Å². The molecule has 1 amide bonds. The summed E-state index contributed by atoms with van der Waals surface area (Å²) in [5.74, 6) is 0.962. The average Bonchev–Trinajstić information content (AvgIpc) is 2.77. The van der Waals surface area contributed by atoms with Gasteiger partial charge in [0.05, 0.1) is 6.54 Å². The first-order chi connectivity index (χ1) is 13.7. The van der Waals surface area contributed by atoms with Crippen molar-refractivity contribution in [3.8, 4) is 11.4 Å². The largest absolute Gasteiger partial charge is 0.368 e. The molecule has 148 valence electrons. The molecular formula is C22H29N5O. The van der Waals surface area contributed by atoms with Crippen LogP contribution < -0.4 is 4.90 Å². The van der Waals surface area contributed by atoms with Gasteiger partial charge < -0.3 is 9.80 Å². The summed E-state index contributed by atoms with van der Waals surface area (Å²) in [6.45, 7) is 11.4. The molecule has 0 atom stereocenters. The molecule has 1 aliphatic rings. The Morgan fingerprint density at radius 2 is 1.82 bits per heavy atom. The van der Waals surface area contributed by atoms with E-state index in [2.05, 4.69) is 57.5 Å². The molecule has 1 aromatic heterocycles. The average molecular weight is 380 g/mol. The second-order valence-corrected chi connectivity index (χ2v) is 6.93. The van der Waals surface area contributed by atoms with E-state index in [9.17, 15) is 4.79 Å². The number of likely N-dealkylation sites (N-methyl/N-ethyl adjacent to an activating group) is 1. The van der Waals surface area contributed by atoms with E-state index in [-0.39, 0.29) is 5.91 Å². The summed E-state index contributed by atoms with van der Waals surface area (Å²) in [7, 11) is 0. The number of amides is 1. The zero-order chi connectivity index (χ0) is 19.8. The van der Waals surface area contributed by atoms with E-state index in [0.717, 1.165) is 57.1 Å². The van der Waals surface area contributed by atoms with Crippen molar-refractivity contribution in [2.75, 3.05) is 50.7 Å². The normalized spacial score (nSPS) is 14.4. The minimum absolute atomic E-state index is 0.224. The van der Waals surface area contributed by atoms with Gasteiger partial charge in [-0.1, -0.05) is 13.0 Å². The van der Waals surface area contributed by atoms with Gasteiger partial charge in [-0.2, -0.15) is 0 Å². The van der Waals surface area contributed by atoms with E-state index < -0.39 is 0 Å². The molecule has 28 heavy (non-hydrogen) atoms. The van der Waals surface area contributed by atoms with Crippen molar-refractivity contribution in [2.45, 2.75) is 13.3 Å². The highest BCUT2D eigenvalue weighted by molar-refractivity contribution is 5.78. The first-order valence-electron chi connectivity index (χ1n) is 9.94. The number of nitrogens with zero attached hydrogens (tertiary/aromatic N) is 5. The molecule has 0 saturated carbocycles. The van der Waals surface area contributed by atoms with Gasteiger partial charge in [-0.15, -0.1) is 6.58 Å². The quantitative estimate of drug-likeness (QED) is 0.660. The Morgan fingerprint density at radius 3 is 2.43 bits per heavy atom. The molecule has 0 aliphatic carbocycles. The van der Waals surface area contributed by atoms with Crippen LogP contribution in [-0.2, 0) is 4.79 Å². The summed E-state index contributed by atoms with van der Waals surface area (Å²) in [6.07, 6.45) is 6.33. The van der Waals surface area contributed by atoms with Crippen molar-refractivity contribution in [1.29, 1.82) is 0 Å². The molecule has 3 rings (SSSR count). The summed E-state index contributed by atoms with van der Waals surface area (Å²) < 4.78 is 0. The van der Waals surface area contributed by atoms with Gasteiger partial charge in [-0.05, 0) is 43.3 Å². The lowest BCUT2D eigenvalue weighted by Crippen LogP contribution is -2.51. The van der Waals surface area contributed by atoms with Gasteiger partial charge in [0, 0.05) is 56.4 Å². The maximum atomic E-state index is 12.6. The molecule has 0 unspecified atom stereocenters. The van der Waals surface area contributed by atoms with Gasteiger partial charge in [0.1, 0.15) is 0 Å². The number of anilines is 1. The molecule has 1 aliphatic heterocycles. The van der Waals surface area contributed by atoms with Gasteiger partial charge in [-0.3, -0.25) is 9.69 Å². The highest BCUT2D eigenvalue weighted by Crippen LogP contribution is 2.21. The Balaban J connectivity index is 1.52. The van der Waals surface area contributed by atoms with Crippen molar-refractivity contribution in [3.63, 3.8) is 0 Å². The number of carbonyl (C=O) groups excluding carboxylic acids is 1. The standard InChI is InChI=1S/C22H29N5O/c1-3-5-13-25(4-2)18-21(28)27-16-14-26(15-17-27)20-9-7-19(8-10-20)22-23-11-6-12-24-22/h3,6-12H,1,4-5,13-18H2,2H3. The van der Waals surface area contributed by atoms with Crippen LogP contribution in [-0.4, -0.2) is 71.5 Å². The predicted octanol–water partition coefficient (Wildman–Crippen LogP) is 2.69. The molecule has 0 radical (unpaired) electrons. The number of carbonyl (C=O) groups is 1. The van der Waals surface area contributed by atoms with Crippen LogP contribution in [0.2, 0.25) is 0 Å². The molecule has 0 N–H and O–H groups in total. The van der Waals surface area contributed by atoms with Crippen LogP contribution in [0.4, 0.5) is 5.69 Å².